The van der Waals surface area contributed by atoms with Gasteiger partial charge < -0.3 is 123 Å². The molecule has 3 unspecified atom stereocenters. The van der Waals surface area contributed by atoms with E-state index in [1.165, 1.54) is 14.2 Å². The number of aliphatic hydroxyl groups excluding tert-OH is 12. The maximum atomic E-state index is 10.8. The Hall–Kier alpha value is -1.00. The van der Waals surface area contributed by atoms with Crippen molar-refractivity contribution in [2.75, 3.05) is 47.8 Å². The topological polar surface area (TPSA) is 363 Å². The summed E-state index contributed by atoms with van der Waals surface area (Å²) in [5, 5.41) is 121. The van der Waals surface area contributed by atoms with Gasteiger partial charge in [0.05, 0.1) is 44.7 Å². The molecule has 0 bridgehead atoms. The fourth-order valence-electron chi connectivity index (χ4n) is 9.52. The zero-order chi connectivity index (χ0) is 52.0. The molecule has 6 rings (SSSR count). The van der Waals surface area contributed by atoms with Crippen molar-refractivity contribution in [1.29, 1.82) is 0 Å². The molecule has 6 saturated heterocycles. The van der Waals surface area contributed by atoms with Crippen molar-refractivity contribution in [3.8, 4) is 0 Å². The predicted molar refractivity (Wildman–Crippen MR) is 234 cm³/mol. The predicted octanol–water partition coefficient (Wildman–Crippen LogP) is -4.16. The number of aliphatic hydroxyl groups is 12. The Morgan fingerprint density at radius 1 is 0.300 bits per heavy atom. The molecule has 30 atom stereocenters. The number of hydrogen-bond donors (Lipinski definition) is 12. The molecule has 12 N–H and O–H groups in total. The summed E-state index contributed by atoms with van der Waals surface area (Å²) in [6, 6.07) is 0. The average molecular weight is 1020 g/mol. The van der Waals surface area contributed by atoms with E-state index in [1.54, 1.807) is 14.0 Å². The molecule has 25 nitrogen and oxygen atoms in total. The Morgan fingerprint density at radius 2 is 0.629 bits per heavy atom. The molecule has 0 saturated carbocycles. The van der Waals surface area contributed by atoms with E-state index in [0.717, 1.165) is 0 Å². The lowest BCUT2D eigenvalue weighted by Crippen LogP contribution is -2.62. The first-order valence-electron chi connectivity index (χ1n) is 24.2. The molecule has 0 aliphatic carbocycles. The summed E-state index contributed by atoms with van der Waals surface area (Å²) < 4.78 is 73.2. The number of rotatable bonds is 16. The Bertz CT molecular complexity index is 1480. The van der Waals surface area contributed by atoms with Crippen LogP contribution in [0.2, 0.25) is 0 Å². The van der Waals surface area contributed by atoms with E-state index in [1.807, 2.05) is 6.92 Å². The van der Waals surface area contributed by atoms with Crippen LogP contribution in [0.1, 0.15) is 54.9 Å². The first-order valence-corrected chi connectivity index (χ1v) is 24.2. The first-order chi connectivity index (χ1) is 33.0. The van der Waals surface area contributed by atoms with Gasteiger partial charge in [-0.25, -0.2) is 0 Å². The summed E-state index contributed by atoms with van der Waals surface area (Å²) in [5.41, 5.74) is 0. The van der Waals surface area contributed by atoms with E-state index in [4.69, 9.17) is 61.6 Å². The van der Waals surface area contributed by atoms with E-state index < -0.39 is 142 Å². The Morgan fingerprint density at radius 3 is 1.09 bits per heavy atom. The third-order valence-corrected chi connectivity index (χ3v) is 15.2. The van der Waals surface area contributed by atoms with Crippen LogP contribution in [0.15, 0.2) is 0 Å². The average Bonchev–Trinajstić information content (AvgIpc) is 3.35. The van der Waals surface area contributed by atoms with Gasteiger partial charge in [0, 0.05) is 33.2 Å². The van der Waals surface area contributed by atoms with Crippen LogP contribution >= 0.6 is 0 Å². The normalized spacial score (nSPS) is 51.3. The van der Waals surface area contributed by atoms with Crippen LogP contribution in [-0.4, -0.2) is 257 Å². The number of ether oxygens (including phenoxy) is 13. The molecule has 25 heteroatoms. The van der Waals surface area contributed by atoms with Crippen molar-refractivity contribution in [3.05, 3.63) is 0 Å². The van der Waals surface area contributed by atoms with Crippen LogP contribution in [0.5, 0.6) is 0 Å². The van der Waals surface area contributed by atoms with E-state index in [-0.39, 0.29) is 49.1 Å². The van der Waals surface area contributed by atoms with E-state index in [2.05, 4.69) is 34.6 Å². The Labute approximate surface area is 408 Å². The summed E-state index contributed by atoms with van der Waals surface area (Å²) in [6.07, 6.45) is -29.0. The van der Waals surface area contributed by atoms with Crippen LogP contribution < -0.4 is 0 Å². The molecule has 6 aliphatic heterocycles. The fraction of sp³-hybridized carbons (Fsp3) is 1.00. The lowest BCUT2D eigenvalue weighted by atomic mass is 9.78. The molecule has 6 heterocycles. The second-order valence-electron chi connectivity index (χ2n) is 19.6. The van der Waals surface area contributed by atoms with E-state index >= 15 is 0 Å². The van der Waals surface area contributed by atoms with Crippen LogP contribution in [0.4, 0.5) is 0 Å². The highest BCUT2D eigenvalue weighted by atomic mass is 16.8. The zero-order valence-electron chi connectivity index (χ0n) is 41.5. The molecule has 6 fully saturated rings. The van der Waals surface area contributed by atoms with Crippen molar-refractivity contribution in [1.82, 2.24) is 0 Å². The van der Waals surface area contributed by atoms with Crippen LogP contribution in [0.3, 0.4) is 0 Å². The summed E-state index contributed by atoms with van der Waals surface area (Å²) in [4.78, 5) is 0. The molecule has 0 aromatic rings. The molecular formula is C45H82O25. The third-order valence-electron chi connectivity index (χ3n) is 15.2. The van der Waals surface area contributed by atoms with Gasteiger partial charge in [0.25, 0.3) is 0 Å². The van der Waals surface area contributed by atoms with Gasteiger partial charge in [-0.05, 0) is 30.1 Å². The largest absolute Gasteiger partial charge is 0.388 e. The SMILES string of the molecule is CC[C@H]1OC(OC[C@H]2O[C@@H](OC)[C@H](O)[C@@H](O)[C@@H]2O)[C@H](O)[C@@H](O)[C@@H]1O.COC[C@H]1OC(OC[C@H]2O[C@@H](O[C@H]3OC(OC[C@H]4O[C@@H](OC)[C@H](O)[C@@H](O)[C@@H]4O)[C@H](O)[C@@H](O)[C@@H]3O)[C@H](C)[C@@H](C)[C@@H]2C)[C@H](C)[C@@H](C)[C@@H]1C. The van der Waals surface area contributed by atoms with Crippen molar-refractivity contribution < 1.29 is 123 Å². The van der Waals surface area contributed by atoms with Crippen LogP contribution in [0, 0.1) is 35.5 Å². The lowest BCUT2D eigenvalue weighted by molar-refractivity contribution is -0.395. The minimum Gasteiger partial charge on any atom is -0.388 e. The van der Waals surface area contributed by atoms with Gasteiger partial charge in [-0.15, -0.1) is 0 Å². The minimum atomic E-state index is -1.70. The lowest BCUT2D eigenvalue weighted by Gasteiger charge is -2.47. The van der Waals surface area contributed by atoms with Crippen molar-refractivity contribution >= 4 is 0 Å². The molecular weight excluding hydrogens is 940 g/mol. The summed E-state index contributed by atoms with van der Waals surface area (Å²) in [5.74, 6) is 0.866. The maximum absolute atomic E-state index is 10.8. The van der Waals surface area contributed by atoms with Crippen molar-refractivity contribution in [3.63, 3.8) is 0 Å². The number of methoxy groups -OCH3 is 3. The monoisotopic (exact) mass is 1020 g/mol. The molecule has 0 aromatic heterocycles. The van der Waals surface area contributed by atoms with E-state index in [0.29, 0.717) is 24.9 Å². The van der Waals surface area contributed by atoms with Gasteiger partial charge in [-0.1, -0.05) is 48.5 Å². The minimum absolute atomic E-state index is 0.0891. The third kappa shape index (κ3) is 13.5. The molecule has 70 heavy (non-hydrogen) atoms. The second kappa shape index (κ2) is 26.7. The first kappa shape index (κ1) is 59.9. The highest BCUT2D eigenvalue weighted by molar-refractivity contribution is 4.94. The van der Waals surface area contributed by atoms with Gasteiger partial charge >= 0.3 is 0 Å². The van der Waals surface area contributed by atoms with Crippen LogP contribution in [0.25, 0.3) is 0 Å². The van der Waals surface area contributed by atoms with E-state index in [9.17, 15) is 61.3 Å². The molecule has 0 aromatic carbocycles. The quantitative estimate of drug-likeness (QED) is 0.0698. The molecule has 0 amide bonds. The molecule has 0 radical (unpaired) electrons. The molecule has 6 aliphatic rings. The highest BCUT2D eigenvalue weighted by Gasteiger charge is 2.51. The molecule has 412 valence electrons. The molecule has 0 spiro atoms. The van der Waals surface area contributed by atoms with Crippen molar-refractivity contribution in [2.45, 2.75) is 203 Å². The highest BCUT2D eigenvalue weighted by Crippen LogP contribution is 2.40. The summed E-state index contributed by atoms with van der Waals surface area (Å²) in [7, 11) is 4.19. The Balaban J connectivity index is 0.000000319. The van der Waals surface area contributed by atoms with Gasteiger partial charge in [0.2, 0.25) is 0 Å². The standard InChI is InChI=1S/C31H56O15.C14H26O10/c1-12-14(3)18(9-38-7)42-27(16(12)5)40-10-19-15(4)13(2)17(6)28(43-19)45-31-26(37)23(34)25(36)30(46-31)41-11-20-21(32)22(33)24(35)29(39-8)44-20;1-3-5-7(15)9(17)12(20)14(23-5)22-4-6-8(16)10(18)11(19)13(21-2)24-6/h12-37H,9-11H2,1-8H3;5-20H,3-4H2,1-2H3/t12-,13-,14-,15-,16+,17+,18+,19+,20+,21+,22-,23+,24+,25+,26-,27?,28-,29+,30?,31-;5-,6-,7-,8-,9+,10+,11-,12-,13-,14?/m01/s1. The van der Waals surface area contributed by atoms with Crippen LogP contribution in [-0.2, 0) is 61.6 Å². The van der Waals surface area contributed by atoms with Crippen molar-refractivity contribution in [2.24, 2.45) is 35.5 Å². The fourth-order valence-corrected chi connectivity index (χ4v) is 9.52. The summed E-state index contributed by atoms with van der Waals surface area (Å²) in [6.45, 7) is 14.3. The summed E-state index contributed by atoms with van der Waals surface area (Å²) >= 11 is 0. The van der Waals surface area contributed by atoms with Gasteiger partial charge in [0.15, 0.2) is 44.0 Å². The van der Waals surface area contributed by atoms with Gasteiger partial charge in [-0.2, -0.15) is 0 Å². The Kier molecular flexibility index (Phi) is 22.8. The van der Waals surface area contributed by atoms with Gasteiger partial charge in [0.1, 0.15) is 85.5 Å². The maximum Gasteiger partial charge on any atom is 0.192 e. The number of hydrogen-bond acceptors (Lipinski definition) is 25. The smallest absolute Gasteiger partial charge is 0.192 e. The zero-order valence-corrected chi connectivity index (χ0v) is 41.5. The second-order valence-corrected chi connectivity index (χ2v) is 19.6. The van der Waals surface area contributed by atoms with Gasteiger partial charge in [-0.3, -0.25) is 0 Å².